The number of ether oxygens (including phenoxy) is 1. The van der Waals surface area contributed by atoms with E-state index in [1.807, 2.05) is 40.8 Å². The summed E-state index contributed by atoms with van der Waals surface area (Å²) in [5.41, 5.74) is 1.11. The second-order valence-corrected chi connectivity index (χ2v) is 7.28. The Labute approximate surface area is 147 Å². The third-order valence-electron chi connectivity index (χ3n) is 4.98. The van der Waals surface area contributed by atoms with E-state index in [2.05, 4.69) is 5.32 Å². The Balaban J connectivity index is 2.01. The van der Waals surface area contributed by atoms with Crippen molar-refractivity contribution < 1.29 is 23.6 Å². The maximum atomic E-state index is 12.0. The molecule has 0 atom stereocenters. The van der Waals surface area contributed by atoms with Crippen LogP contribution in [-0.4, -0.2) is 43.9 Å². The number of benzene rings is 1. The predicted molar refractivity (Wildman–Crippen MR) is 94.2 cm³/mol. The summed E-state index contributed by atoms with van der Waals surface area (Å²) in [6.07, 6.45) is 1.83. The number of cyclic esters (lactones) is 2. The molecule has 0 aliphatic carbocycles. The van der Waals surface area contributed by atoms with Gasteiger partial charge in [-0.1, -0.05) is 18.2 Å². The Hall–Kier alpha value is -1.96. The summed E-state index contributed by atoms with van der Waals surface area (Å²) < 4.78 is 16.9. The van der Waals surface area contributed by atoms with E-state index in [0.717, 1.165) is 5.47 Å². The van der Waals surface area contributed by atoms with E-state index in [1.54, 1.807) is 18.2 Å². The number of nitrogens with one attached hydrogen (secondary N) is 1. The van der Waals surface area contributed by atoms with E-state index in [-0.39, 0.29) is 11.1 Å². The third-order valence-corrected chi connectivity index (χ3v) is 4.98. The van der Waals surface area contributed by atoms with Crippen LogP contribution in [0.1, 0.15) is 54.0 Å². The fourth-order valence-corrected chi connectivity index (χ4v) is 2.88. The molecule has 0 spiro atoms. The van der Waals surface area contributed by atoms with Gasteiger partial charge in [0.25, 0.3) is 0 Å². The van der Waals surface area contributed by atoms with Crippen molar-refractivity contribution in [2.45, 2.75) is 38.9 Å². The van der Waals surface area contributed by atoms with Crippen LogP contribution in [0.25, 0.3) is 6.08 Å². The molecular formula is C18H22BNO5. The molecule has 0 radical (unpaired) electrons. The maximum Gasteiger partial charge on any atom is 0.491 e. The lowest BCUT2D eigenvalue weighted by atomic mass is 9.76. The summed E-state index contributed by atoms with van der Waals surface area (Å²) >= 11 is 0. The molecule has 6 nitrogen and oxygen atoms in total. The Morgan fingerprint density at radius 2 is 1.76 bits per heavy atom. The van der Waals surface area contributed by atoms with E-state index < -0.39 is 30.3 Å². The number of fused-ring (bicyclic) bond motifs is 1. The van der Waals surface area contributed by atoms with Gasteiger partial charge in [-0.3, -0.25) is 0 Å². The molecule has 3 rings (SSSR count). The van der Waals surface area contributed by atoms with Gasteiger partial charge in [0.15, 0.2) is 0 Å². The molecule has 1 N–H and O–H groups in total. The molecule has 1 saturated heterocycles. The van der Waals surface area contributed by atoms with E-state index >= 15 is 0 Å². The van der Waals surface area contributed by atoms with Crippen LogP contribution in [0.3, 0.4) is 0 Å². The molecule has 1 aromatic rings. The molecule has 0 unspecified atom stereocenters. The van der Waals surface area contributed by atoms with Crippen LogP contribution in [0.15, 0.2) is 23.7 Å². The number of rotatable bonds is 4. The predicted octanol–water partition coefficient (Wildman–Crippen LogP) is 2.23. The normalized spacial score (nSPS) is 21.5. The van der Waals surface area contributed by atoms with Crippen LogP contribution in [0.2, 0.25) is 0 Å². The quantitative estimate of drug-likeness (QED) is 0.513. The van der Waals surface area contributed by atoms with Gasteiger partial charge in [0.05, 0.1) is 22.3 Å². The van der Waals surface area contributed by atoms with Gasteiger partial charge in [-0.2, -0.15) is 0 Å². The molecule has 1 aromatic carbocycles. The van der Waals surface area contributed by atoms with Crippen LogP contribution < -0.4 is 5.32 Å². The molecule has 1 fully saturated rings. The van der Waals surface area contributed by atoms with E-state index in [1.165, 1.54) is 0 Å². The minimum absolute atomic E-state index is 0.288. The van der Waals surface area contributed by atoms with Crippen LogP contribution >= 0.6 is 0 Å². The Kier molecular flexibility index (Phi) is 4.35. The number of carbonyl (C=O) groups excluding carboxylic acids is 2. The van der Waals surface area contributed by atoms with Crippen LogP contribution in [0.5, 0.6) is 0 Å². The van der Waals surface area contributed by atoms with Crippen molar-refractivity contribution in [2.24, 2.45) is 0 Å². The minimum Gasteiger partial charge on any atom is -0.400 e. The maximum absolute atomic E-state index is 12.0. The summed E-state index contributed by atoms with van der Waals surface area (Å²) in [4.78, 5) is 23.8. The highest BCUT2D eigenvalue weighted by atomic mass is 16.7. The first-order valence-electron chi connectivity index (χ1n) is 8.26. The molecule has 7 heteroatoms. The Bertz CT molecular complexity index is 753. The fraction of sp³-hybridized carbons (Fsp3) is 0.444. The van der Waals surface area contributed by atoms with Crippen molar-refractivity contribution in [3.05, 3.63) is 40.4 Å². The van der Waals surface area contributed by atoms with Gasteiger partial charge in [0.1, 0.15) is 0 Å². The smallest absolute Gasteiger partial charge is 0.400 e. The number of esters is 2. The lowest BCUT2D eigenvalue weighted by molar-refractivity contribution is 0.00578. The molecule has 0 aromatic heterocycles. The average Bonchev–Trinajstić information content (AvgIpc) is 2.92. The summed E-state index contributed by atoms with van der Waals surface area (Å²) in [5.74, 6) is -1.23. The van der Waals surface area contributed by atoms with Gasteiger partial charge in [-0.15, -0.1) is 0 Å². The molecule has 0 saturated carbocycles. The first-order valence-corrected chi connectivity index (χ1v) is 8.26. The zero-order chi connectivity index (χ0) is 18.4. The van der Waals surface area contributed by atoms with E-state index in [0.29, 0.717) is 12.1 Å². The molecular weight excluding hydrogens is 321 g/mol. The molecule has 0 amide bonds. The molecule has 132 valence electrons. The summed E-state index contributed by atoms with van der Waals surface area (Å²) in [5, 5.41) is 3.10. The van der Waals surface area contributed by atoms with Crippen molar-refractivity contribution in [1.29, 1.82) is 0 Å². The number of hydrogen-bond donors (Lipinski definition) is 1. The second kappa shape index (κ2) is 6.09. The highest BCUT2D eigenvalue weighted by Gasteiger charge is 2.52. The van der Waals surface area contributed by atoms with Gasteiger partial charge in [0.2, 0.25) is 0 Å². The molecule has 2 aliphatic heterocycles. The van der Waals surface area contributed by atoms with Crippen molar-refractivity contribution in [3.63, 3.8) is 0 Å². The van der Waals surface area contributed by atoms with Gasteiger partial charge in [0, 0.05) is 6.54 Å². The monoisotopic (exact) mass is 343 g/mol. The largest absolute Gasteiger partial charge is 0.491 e. The standard InChI is InChI=1S/C18H22BNO5/c1-17(2)18(3,4)25-19(24-17)12(10-20-5)9-11-7-6-8-13-14(11)16(22)23-15(13)21/h6-9,20H,10H2,1-5H3. The van der Waals surface area contributed by atoms with Crippen molar-refractivity contribution in [1.82, 2.24) is 5.32 Å². The van der Waals surface area contributed by atoms with Gasteiger partial charge >= 0.3 is 19.1 Å². The average molecular weight is 343 g/mol. The van der Waals surface area contributed by atoms with Gasteiger partial charge in [-0.05, 0) is 51.8 Å². The fourth-order valence-electron chi connectivity index (χ4n) is 2.88. The first-order chi connectivity index (χ1) is 11.7. The van der Waals surface area contributed by atoms with E-state index in [9.17, 15) is 9.59 Å². The zero-order valence-corrected chi connectivity index (χ0v) is 15.1. The Morgan fingerprint density at radius 1 is 1.12 bits per heavy atom. The highest BCUT2D eigenvalue weighted by molar-refractivity contribution is 6.56. The summed E-state index contributed by atoms with van der Waals surface area (Å²) in [6.45, 7) is 8.46. The number of likely N-dealkylation sites (N-methyl/N-ethyl adjacent to an activating group) is 1. The molecule has 2 heterocycles. The molecule has 2 aliphatic rings. The van der Waals surface area contributed by atoms with Crippen molar-refractivity contribution in [2.75, 3.05) is 13.6 Å². The van der Waals surface area contributed by atoms with Crippen LogP contribution in [0.4, 0.5) is 0 Å². The zero-order valence-electron chi connectivity index (χ0n) is 15.1. The number of carbonyl (C=O) groups is 2. The first kappa shape index (κ1) is 17.9. The summed E-state index contributed by atoms with van der Waals surface area (Å²) in [6, 6.07) is 5.10. The van der Waals surface area contributed by atoms with Crippen LogP contribution in [0, 0.1) is 0 Å². The lowest BCUT2D eigenvalue weighted by Crippen LogP contribution is -2.41. The number of hydrogen-bond acceptors (Lipinski definition) is 6. The van der Waals surface area contributed by atoms with Crippen molar-refractivity contribution >= 4 is 25.1 Å². The summed E-state index contributed by atoms with van der Waals surface area (Å²) in [7, 11) is 1.29. The topological polar surface area (TPSA) is 73.9 Å². The SMILES string of the molecule is CNCC(=Cc1cccc2c1C(=O)OC2=O)B1OC(C)(C)C(C)(C)O1. The second-order valence-electron chi connectivity index (χ2n) is 7.28. The minimum atomic E-state index is -0.621. The van der Waals surface area contributed by atoms with E-state index in [4.69, 9.17) is 14.0 Å². The lowest BCUT2D eigenvalue weighted by Gasteiger charge is -2.32. The molecule has 0 bridgehead atoms. The van der Waals surface area contributed by atoms with Gasteiger partial charge < -0.3 is 19.4 Å². The molecule has 25 heavy (non-hydrogen) atoms. The highest BCUT2D eigenvalue weighted by Crippen LogP contribution is 2.39. The Morgan fingerprint density at radius 3 is 2.36 bits per heavy atom. The van der Waals surface area contributed by atoms with Crippen molar-refractivity contribution in [3.8, 4) is 0 Å². The van der Waals surface area contributed by atoms with Crippen LogP contribution in [-0.2, 0) is 14.0 Å². The third kappa shape index (κ3) is 3.03. The van der Waals surface area contributed by atoms with Gasteiger partial charge in [-0.25, -0.2) is 9.59 Å².